The maximum atomic E-state index is 13.5. The van der Waals surface area contributed by atoms with Crippen LogP contribution in [-0.4, -0.2) is 58.7 Å². The van der Waals surface area contributed by atoms with Crippen molar-refractivity contribution in [3.05, 3.63) is 104 Å². The Morgan fingerprint density at radius 3 is 2.48 bits per heavy atom. The zero-order valence-corrected chi connectivity index (χ0v) is 31.9. The van der Waals surface area contributed by atoms with Crippen LogP contribution in [0.15, 0.2) is 82.0 Å². The van der Waals surface area contributed by atoms with Crippen LogP contribution in [0.4, 0.5) is 15.5 Å². The molecule has 2 aromatic heterocycles. The average molecular weight is 761 g/mol. The van der Waals surface area contributed by atoms with E-state index in [1.54, 1.807) is 94.1 Å². The number of benzene rings is 2. The van der Waals surface area contributed by atoms with Gasteiger partial charge in [0.1, 0.15) is 16.3 Å². The van der Waals surface area contributed by atoms with Gasteiger partial charge in [0.2, 0.25) is 5.91 Å². The summed E-state index contributed by atoms with van der Waals surface area (Å²) in [5.74, 6) is -1.80. The molecule has 14 heteroatoms. The minimum absolute atomic E-state index is 0.0725. The van der Waals surface area contributed by atoms with Crippen molar-refractivity contribution in [2.75, 3.05) is 23.8 Å². The molecular formula is C38H40N4O7S3. The van der Waals surface area contributed by atoms with Crippen LogP contribution < -0.4 is 16.0 Å². The summed E-state index contributed by atoms with van der Waals surface area (Å²) in [6.45, 7) is 9.66. The fraction of sp³-hybridized carbons (Fsp3) is 0.289. The lowest BCUT2D eigenvalue weighted by Gasteiger charge is -2.30. The Hall–Kier alpha value is -4.92. The van der Waals surface area contributed by atoms with Crippen LogP contribution in [-0.2, 0) is 32.0 Å². The summed E-state index contributed by atoms with van der Waals surface area (Å²) < 4.78 is 10.9. The maximum Gasteiger partial charge on any atom is 0.410 e. The summed E-state index contributed by atoms with van der Waals surface area (Å²) in [4.78, 5) is 68.9. The predicted molar refractivity (Wildman–Crippen MR) is 206 cm³/mol. The number of nitrogens with zero attached hydrogens (tertiary/aromatic N) is 1. The highest BCUT2D eigenvalue weighted by molar-refractivity contribution is 8.00. The van der Waals surface area contributed by atoms with Crippen molar-refractivity contribution in [2.45, 2.75) is 63.3 Å². The number of hydrogen-bond donors (Lipinski definition) is 3. The lowest BCUT2D eigenvalue weighted by Crippen LogP contribution is -2.39. The van der Waals surface area contributed by atoms with Gasteiger partial charge in [0.05, 0.1) is 24.0 Å². The lowest BCUT2D eigenvalue weighted by atomic mass is 10.0. The minimum Gasteiger partial charge on any atom is -0.462 e. The average Bonchev–Trinajstić information content (AvgIpc) is 3.75. The van der Waals surface area contributed by atoms with E-state index in [-0.39, 0.29) is 24.8 Å². The van der Waals surface area contributed by atoms with Gasteiger partial charge < -0.3 is 30.3 Å². The third-order valence-corrected chi connectivity index (χ3v) is 10.5. The van der Waals surface area contributed by atoms with E-state index in [4.69, 9.17) is 9.47 Å². The third kappa shape index (κ3) is 10.1. The molecule has 1 atom stereocenters. The van der Waals surface area contributed by atoms with Gasteiger partial charge >= 0.3 is 12.1 Å². The molecule has 52 heavy (non-hydrogen) atoms. The first kappa shape index (κ1) is 38.3. The molecule has 5 rings (SSSR count). The molecule has 1 aliphatic heterocycles. The first-order valence-electron chi connectivity index (χ1n) is 16.6. The van der Waals surface area contributed by atoms with E-state index in [2.05, 4.69) is 16.0 Å². The molecular weight excluding hydrogens is 721 g/mol. The number of carbonyl (C=O) groups excluding carboxylic acids is 5. The summed E-state index contributed by atoms with van der Waals surface area (Å²) in [5, 5.41) is 12.0. The van der Waals surface area contributed by atoms with Crippen molar-refractivity contribution in [2.24, 2.45) is 0 Å². The SMILES string of the molecule is CCOC(=O)c1c(NC(=O)C(C)Sc2cccc(NC(=O)/C(=C/c3ccsc3)NC(=O)c3ccccc3)c2)sc2c1CCN(C(=O)OC(C)(C)C)C2. The molecule has 1 unspecified atom stereocenters. The Kier molecular flexibility index (Phi) is 12.6. The van der Waals surface area contributed by atoms with E-state index < -0.39 is 34.7 Å². The van der Waals surface area contributed by atoms with Crippen molar-refractivity contribution < 1.29 is 33.4 Å². The Morgan fingerprint density at radius 2 is 1.79 bits per heavy atom. The van der Waals surface area contributed by atoms with Gasteiger partial charge in [-0.2, -0.15) is 11.3 Å². The number of carbonyl (C=O) groups is 5. The molecule has 3 N–H and O–H groups in total. The Bertz CT molecular complexity index is 1970. The van der Waals surface area contributed by atoms with E-state index in [9.17, 15) is 24.0 Å². The van der Waals surface area contributed by atoms with E-state index in [0.717, 1.165) is 16.0 Å². The topological polar surface area (TPSA) is 143 Å². The van der Waals surface area contributed by atoms with Crippen LogP contribution in [0.2, 0.25) is 0 Å². The quantitative estimate of drug-likeness (QED) is 0.0799. The molecule has 4 amide bonds. The van der Waals surface area contributed by atoms with E-state index >= 15 is 0 Å². The number of amides is 4. The fourth-order valence-electron chi connectivity index (χ4n) is 5.18. The standard InChI is InChI=1S/C38H40N4O7S3/c1-6-48-36(46)31-28-15-17-42(37(47)49-38(3,4)5)21-30(28)52-35(31)41-32(43)23(2)51-27-14-10-13-26(20-27)39-34(45)29(19-24-16-18-50-22-24)40-33(44)25-11-8-7-9-12-25/h7-14,16,18-20,22-23H,6,15,17,21H2,1-5H3,(H,39,45)(H,40,44)(H,41,43)/b29-19-. The molecule has 4 aromatic rings. The number of thioether (sulfide) groups is 1. The van der Waals surface area contributed by atoms with Crippen molar-refractivity contribution in [3.8, 4) is 0 Å². The first-order valence-corrected chi connectivity index (χ1v) is 19.2. The molecule has 1 aliphatic rings. The van der Waals surface area contributed by atoms with Gasteiger partial charge in [-0.25, -0.2) is 9.59 Å². The highest BCUT2D eigenvalue weighted by atomic mass is 32.2. The zero-order valence-electron chi connectivity index (χ0n) is 29.4. The Balaban J connectivity index is 1.27. The highest BCUT2D eigenvalue weighted by Crippen LogP contribution is 2.39. The molecule has 0 saturated carbocycles. The van der Waals surface area contributed by atoms with Gasteiger partial charge in [0.15, 0.2) is 0 Å². The number of ether oxygens (including phenoxy) is 2. The zero-order chi connectivity index (χ0) is 37.4. The second-order valence-electron chi connectivity index (χ2n) is 12.7. The van der Waals surface area contributed by atoms with Crippen LogP contribution in [0.3, 0.4) is 0 Å². The molecule has 0 aliphatic carbocycles. The molecule has 0 radical (unpaired) electrons. The number of fused-ring (bicyclic) bond motifs is 1. The molecule has 0 bridgehead atoms. The van der Waals surface area contributed by atoms with Gasteiger partial charge in [-0.1, -0.05) is 24.3 Å². The van der Waals surface area contributed by atoms with Crippen LogP contribution in [0.5, 0.6) is 0 Å². The van der Waals surface area contributed by atoms with E-state index in [0.29, 0.717) is 39.7 Å². The Labute approximate surface area is 314 Å². The van der Waals surface area contributed by atoms with E-state index in [1.807, 2.05) is 22.9 Å². The van der Waals surface area contributed by atoms with Gasteiger partial charge in [0, 0.05) is 27.6 Å². The van der Waals surface area contributed by atoms with Crippen molar-refractivity contribution in [3.63, 3.8) is 0 Å². The molecule has 272 valence electrons. The summed E-state index contributed by atoms with van der Waals surface area (Å²) in [5.41, 5.74) is 2.15. The normalized spacial score (nSPS) is 13.4. The second-order valence-corrected chi connectivity index (χ2v) is 16.0. The van der Waals surface area contributed by atoms with Gasteiger partial charge in [0.25, 0.3) is 11.8 Å². The molecule has 0 saturated heterocycles. The number of rotatable bonds is 11. The van der Waals surface area contributed by atoms with Crippen LogP contribution >= 0.6 is 34.4 Å². The van der Waals surface area contributed by atoms with Crippen LogP contribution in [0, 0.1) is 0 Å². The number of hydrogen-bond acceptors (Lipinski definition) is 10. The smallest absolute Gasteiger partial charge is 0.410 e. The minimum atomic E-state index is -0.648. The summed E-state index contributed by atoms with van der Waals surface area (Å²) in [7, 11) is 0. The molecule has 11 nitrogen and oxygen atoms in total. The number of anilines is 2. The molecule has 0 spiro atoms. The third-order valence-electron chi connectivity index (χ3n) is 7.58. The summed E-state index contributed by atoms with van der Waals surface area (Å²) >= 11 is 3.99. The fourth-order valence-corrected chi connectivity index (χ4v) is 7.97. The first-order chi connectivity index (χ1) is 24.8. The number of thiophene rings is 2. The molecule has 0 fully saturated rings. The molecule has 3 heterocycles. The predicted octanol–water partition coefficient (Wildman–Crippen LogP) is 7.81. The van der Waals surface area contributed by atoms with Gasteiger partial charge in [-0.05, 0) is 105 Å². The van der Waals surface area contributed by atoms with Crippen molar-refractivity contribution in [1.82, 2.24) is 10.2 Å². The lowest BCUT2D eigenvalue weighted by molar-refractivity contribution is -0.115. The molecule has 2 aromatic carbocycles. The maximum absolute atomic E-state index is 13.5. The highest BCUT2D eigenvalue weighted by Gasteiger charge is 2.33. The van der Waals surface area contributed by atoms with Gasteiger partial charge in [-0.3, -0.25) is 14.4 Å². The van der Waals surface area contributed by atoms with Crippen LogP contribution in [0.1, 0.15) is 71.3 Å². The summed E-state index contributed by atoms with van der Waals surface area (Å²) in [6.07, 6.45) is 1.59. The second kappa shape index (κ2) is 17.1. The number of nitrogens with one attached hydrogen (secondary N) is 3. The van der Waals surface area contributed by atoms with Crippen molar-refractivity contribution in [1.29, 1.82) is 0 Å². The monoisotopic (exact) mass is 760 g/mol. The number of esters is 1. The largest absolute Gasteiger partial charge is 0.462 e. The van der Waals surface area contributed by atoms with Crippen molar-refractivity contribution >= 4 is 81.0 Å². The Morgan fingerprint density at radius 1 is 1.02 bits per heavy atom. The van der Waals surface area contributed by atoms with Crippen LogP contribution in [0.25, 0.3) is 6.08 Å². The summed E-state index contributed by atoms with van der Waals surface area (Å²) in [6, 6.07) is 17.5. The van der Waals surface area contributed by atoms with E-state index in [1.165, 1.54) is 34.4 Å². The van der Waals surface area contributed by atoms with Gasteiger partial charge in [-0.15, -0.1) is 23.1 Å².